The van der Waals surface area contributed by atoms with Crippen LogP contribution in [0.25, 0.3) is 17.1 Å². The van der Waals surface area contributed by atoms with Crippen LogP contribution in [0.2, 0.25) is 0 Å². The lowest BCUT2D eigenvalue weighted by Gasteiger charge is -2.18. The lowest BCUT2D eigenvalue weighted by molar-refractivity contribution is -0.0511. The Morgan fingerprint density at radius 3 is 2.68 bits per heavy atom. The van der Waals surface area contributed by atoms with Crippen molar-refractivity contribution in [3.8, 4) is 5.95 Å². The topological polar surface area (TPSA) is 169 Å². The number of aliphatic hydroxyl groups excluding tert-OH is 3. The van der Waals surface area contributed by atoms with Crippen molar-refractivity contribution in [3.05, 3.63) is 24.3 Å². The van der Waals surface area contributed by atoms with Crippen molar-refractivity contribution in [2.45, 2.75) is 62.8 Å². The fraction of sp³-hybridized carbons (Fsp3) is 0.579. The summed E-state index contributed by atoms with van der Waals surface area (Å²) in [7, 11) is 0. The first kappa shape index (κ1) is 20.3. The smallest absolute Gasteiger partial charge is 0.254 e. The van der Waals surface area contributed by atoms with Gasteiger partial charge in [-0.05, 0) is 12.8 Å². The van der Waals surface area contributed by atoms with E-state index >= 15 is 0 Å². The summed E-state index contributed by atoms with van der Waals surface area (Å²) in [6, 6.07) is 0.294. The number of rotatable bonds is 6. The standard InChI is InChI=1S/C19H26N8O4/c20-5-10-6-22-27(7-10)19-24-16(23-11-3-1-2-4-11)13-17(25-19)26(9-21-13)18-15(30)14(29)12(8-28)31-18/h6-7,9,11-12,14-15,18,28-30H,1-5,8,20H2,(H,23,24,25)/t12-,14-,15-,18-/m1/s1. The number of fused-ring (bicyclic) bond motifs is 1. The van der Waals surface area contributed by atoms with E-state index in [1.807, 2.05) is 0 Å². The highest BCUT2D eigenvalue weighted by Gasteiger charge is 2.44. The molecule has 0 spiro atoms. The molecule has 2 fully saturated rings. The largest absolute Gasteiger partial charge is 0.394 e. The van der Waals surface area contributed by atoms with Crippen LogP contribution < -0.4 is 11.1 Å². The van der Waals surface area contributed by atoms with Gasteiger partial charge in [-0.25, -0.2) is 9.67 Å². The zero-order valence-electron chi connectivity index (χ0n) is 16.9. The summed E-state index contributed by atoms with van der Waals surface area (Å²) < 4.78 is 8.77. The van der Waals surface area contributed by atoms with Gasteiger partial charge in [-0.15, -0.1) is 0 Å². The molecule has 1 aliphatic heterocycles. The average Bonchev–Trinajstić information content (AvgIpc) is 3.56. The summed E-state index contributed by atoms with van der Waals surface area (Å²) in [6.07, 6.45) is 5.03. The second kappa shape index (κ2) is 8.13. The molecule has 3 aromatic heterocycles. The zero-order chi connectivity index (χ0) is 21.5. The van der Waals surface area contributed by atoms with E-state index in [2.05, 4.69) is 25.4 Å². The van der Waals surface area contributed by atoms with Gasteiger partial charge in [0.05, 0.1) is 19.1 Å². The second-order valence-electron chi connectivity index (χ2n) is 8.05. The molecule has 0 aromatic carbocycles. The molecule has 1 aliphatic carbocycles. The maximum Gasteiger partial charge on any atom is 0.254 e. The number of aliphatic hydroxyl groups is 3. The fourth-order valence-corrected chi connectivity index (χ4v) is 4.24. The number of nitrogens with two attached hydrogens (primary N) is 1. The molecule has 166 valence electrons. The van der Waals surface area contributed by atoms with Crippen LogP contribution in [0.4, 0.5) is 5.82 Å². The minimum atomic E-state index is -1.24. The van der Waals surface area contributed by atoms with Crippen LogP contribution in [-0.2, 0) is 11.3 Å². The molecule has 0 unspecified atom stereocenters. The molecule has 12 heteroatoms. The van der Waals surface area contributed by atoms with Gasteiger partial charge >= 0.3 is 0 Å². The average molecular weight is 430 g/mol. The maximum atomic E-state index is 10.5. The maximum absolute atomic E-state index is 10.5. The van der Waals surface area contributed by atoms with Crippen molar-refractivity contribution in [2.75, 3.05) is 11.9 Å². The quantitative estimate of drug-likeness (QED) is 0.341. The number of hydrogen-bond donors (Lipinski definition) is 5. The van der Waals surface area contributed by atoms with E-state index < -0.39 is 31.1 Å². The summed E-state index contributed by atoms with van der Waals surface area (Å²) in [6.45, 7) is -0.0683. The predicted molar refractivity (Wildman–Crippen MR) is 109 cm³/mol. The van der Waals surface area contributed by atoms with E-state index in [-0.39, 0.29) is 0 Å². The van der Waals surface area contributed by atoms with Gasteiger partial charge < -0.3 is 31.1 Å². The highest BCUT2D eigenvalue weighted by atomic mass is 16.6. The normalized spacial score (nSPS) is 26.8. The number of imidazole rings is 1. The van der Waals surface area contributed by atoms with E-state index in [0.29, 0.717) is 35.5 Å². The van der Waals surface area contributed by atoms with Crippen LogP contribution in [0, 0.1) is 0 Å². The van der Waals surface area contributed by atoms with E-state index in [9.17, 15) is 15.3 Å². The van der Waals surface area contributed by atoms with E-state index in [0.717, 1.165) is 31.2 Å². The molecule has 3 aromatic rings. The van der Waals surface area contributed by atoms with E-state index in [4.69, 9.17) is 10.5 Å². The van der Waals surface area contributed by atoms with Gasteiger partial charge in [0.2, 0.25) is 0 Å². The molecular weight excluding hydrogens is 404 g/mol. The Morgan fingerprint density at radius 1 is 1.19 bits per heavy atom. The van der Waals surface area contributed by atoms with Gasteiger partial charge in [0.25, 0.3) is 5.95 Å². The number of nitrogens with zero attached hydrogens (tertiary/aromatic N) is 6. The van der Waals surface area contributed by atoms with Crippen LogP contribution in [-0.4, -0.2) is 75.6 Å². The monoisotopic (exact) mass is 430 g/mol. The first-order valence-electron chi connectivity index (χ1n) is 10.5. The highest BCUT2D eigenvalue weighted by molar-refractivity contribution is 5.84. The number of ether oxygens (including phenoxy) is 1. The van der Waals surface area contributed by atoms with Gasteiger partial charge in [-0.1, -0.05) is 12.8 Å². The molecule has 5 rings (SSSR count). The summed E-state index contributed by atoms with van der Waals surface area (Å²) in [4.78, 5) is 13.7. The van der Waals surface area contributed by atoms with Crippen molar-refractivity contribution in [1.29, 1.82) is 0 Å². The fourth-order valence-electron chi connectivity index (χ4n) is 4.24. The van der Waals surface area contributed by atoms with Crippen molar-refractivity contribution in [2.24, 2.45) is 5.73 Å². The molecular formula is C19H26N8O4. The Kier molecular flexibility index (Phi) is 5.32. The summed E-state index contributed by atoms with van der Waals surface area (Å²) in [5.41, 5.74) is 7.49. The lowest BCUT2D eigenvalue weighted by atomic mass is 10.1. The number of hydrogen-bond acceptors (Lipinski definition) is 10. The Bertz CT molecular complexity index is 1060. The van der Waals surface area contributed by atoms with Gasteiger partial charge in [0.1, 0.15) is 18.3 Å². The van der Waals surface area contributed by atoms with Crippen LogP contribution in [0.5, 0.6) is 0 Å². The number of anilines is 1. The summed E-state index contributed by atoms with van der Waals surface area (Å²) in [5.74, 6) is 0.892. The molecule has 1 saturated carbocycles. The van der Waals surface area contributed by atoms with E-state index in [1.54, 1.807) is 17.0 Å². The van der Waals surface area contributed by atoms with Crippen molar-refractivity contribution in [3.63, 3.8) is 0 Å². The van der Waals surface area contributed by atoms with Crippen LogP contribution in [0.1, 0.15) is 37.5 Å². The molecule has 4 atom stereocenters. The molecule has 0 radical (unpaired) electrons. The SMILES string of the molecule is NCc1cnn(-c2nc(NC3CCCC3)c3ncn([C@@H]4O[C@H](CO)[C@@H](O)[C@H]4O)c3n2)c1. The van der Waals surface area contributed by atoms with Gasteiger partial charge in [0.15, 0.2) is 23.2 Å². The zero-order valence-corrected chi connectivity index (χ0v) is 16.9. The van der Waals surface area contributed by atoms with Crippen molar-refractivity contribution in [1.82, 2.24) is 29.3 Å². The minimum Gasteiger partial charge on any atom is -0.394 e. The third-order valence-electron chi connectivity index (χ3n) is 5.97. The van der Waals surface area contributed by atoms with Gasteiger partial charge in [0, 0.05) is 24.3 Å². The Balaban J connectivity index is 1.60. The second-order valence-corrected chi connectivity index (χ2v) is 8.05. The molecule has 4 heterocycles. The first-order chi connectivity index (χ1) is 15.1. The number of aromatic nitrogens is 6. The molecule has 2 aliphatic rings. The predicted octanol–water partition coefficient (Wildman–Crippen LogP) is -0.563. The summed E-state index contributed by atoms with van der Waals surface area (Å²) >= 11 is 0. The Morgan fingerprint density at radius 2 is 2.00 bits per heavy atom. The minimum absolute atomic E-state index is 0.294. The Labute approximate surface area is 177 Å². The molecule has 1 saturated heterocycles. The van der Waals surface area contributed by atoms with Crippen molar-refractivity contribution >= 4 is 17.0 Å². The highest BCUT2D eigenvalue weighted by Crippen LogP contribution is 2.33. The molecule has 0 bridgehead atoms. The van der Waals surface area contributed by atoms with Gasteiger partial charge in [-0.2, -0.15) is 15.1 Å². The van der Waals surface area contributed by atoms with Crippen molar-refractivity contribution < 1.29 is 20.1 Å². The molecule has 0 amide bonds. The third kappa shape index (κ3) is 3.55. The molecule has 12 nitrogen and oxygen atoms in total. The van der Waals surface area contributed by atoms with Gasteiger partial charge in [-0.3, -0.25) is 4.57 Å². The molecule has 6 N–H and O–H groups in total. The van der Waals surface area contributed by atoms with Crippen LogP contribution in [0.3, 0.4) is 0 Å². The lowest BCUT2D eigenvalue weighted by Crippen LogP contribution is -2.33. The molecule has 31 heavy (non-hydrogen) atoms. The first-order valence-corrected chi connectivity index (χ1v) is 10.5. The van der Waals surface area contributed by atoms with Crippen LogP contribution >= 0.6 is 0 Å². The Hall–Kier alpha value is -2.64. The summed E-state index contributed by atoms with van der Waals surface area (Å²) in [5, 5.41) is 37.9. The third-order valence-corrected chi connectivity index (χ3v) is 5.97. The van der Waals surface area contributed by atoms with Crippen LogP contribution in [0.15, 0.2) is 18.7 Å². The van der Waals surface area contributed by atoms with E-state index in [1.165, 1.54) is 11.0 Å². The number of nitrogens with one attached hydrogen (secondary N) is 1.